The molecule has 4 rings (SSSR count). The molecule has 0 unspecified atom stereocenters. The van der Waals surface area contributed by atoms with Gasteiger partial charge in [-0.1, -0.05) is 29.5 Å². The lowest BCUT2D eigenvalue weighted by molar-refractivity contribution is -0.120. The maximum atomic E-state index is 13.0. The number of rotatable bonds is 7. The van der Waals surface area contributed by atoms with Gasteiger partial charge in [-0.2, -0.15) is 0 Å². The van der Waals surface area contributed by atoms with Crippen LogP contribution in [-0.4, -0.2) is 29.6 Å². The van der Waals surface area contributed by atoms with Gasteiger partial charge in [-0.15, -0.1) is 0 Å². The number of fused-ring (bicyclic) bond motifs is 1. The summed E-state index contributed by atoms with van der Waals surface area (Å²) in [4.78, 5) is 23.6. The van der Waals surface area contributed by atoms with Gasteiger partial charge in [0.2, 0.25) is 0 Å². The van der Waals surface area contributed by atoms with Gasteiger partial charge in [-0.05, 0) is 48.5 Å². The highest BCUT2D eigenvalue weighted by atomic mass is 32.1. The largest absolute Gasteiger partial charge is 0.497 e. The molecule has 1 amide bonds. The van der Waals surface area contributed by atoms with E-state index in [1.165, 1.54) is 11.3 Å². The van der Waals surface area contributed by atoms with E-state index in [1.54, 1.807) is 42.5 Å². The van der Waals surface area contributed by atoms with Crippen molar-refractivity contribution in [2.45, 2.75) is 6.54 Å². The molecule has 146 valence electrons. The number of ether oxygens (including phenoxy) is 2. The maximum Gasteiger partial charge on any atom is 0.267 e. The van der Waals surface area contributed by atoms with Gasteiger partial charge >= 0.3 is 0 Å². The molecule has 2 aromatic heterocycles. The van der Waals surface area contributed by atoms with Crippen LogP contribution in [0, 0.1) is 0 Å². The first-order valence-corrected chi connectivity index (χ1v) is 9.87. The zero-order chi connectivity index (χ0) is 20.1. The first-order valence-electron chi connectivity index (χ1n) is 9.05. The van der Waals surface area contributed by atoms with Crippen LogP contribution in [0.4, 0.5) is 5.13 Å². The lowest BCUT2D eigenvalue weighted by Gasteiger charge is -2.19. The molecule has 0 aliphatic rings. The molecular formula is C22H19N3O3S. The van der Waals surface area contributed by atoms with Crippen molar-refractivity contribution < 1.29 is 14.3 Å². The Morgan fingerprint density at radius 3 is 2.48 bits per heavy atom. The van der Waals surface area contributed by atoms with E-state index in [0.29, 0.717) is 17.4 Å². The van der Waals surface area contributed by atoms with Gasteiger partial charge in [0.25, 0.3) is 5.91 Å². The number of nitrogens with zero attached hydrogens (tertiary/aromatic N) is 3. The topological polar surface area (TPSA) is 64.6 Å². The van der Waals surface area contributed by atoms with Gasteiger partial charge < -0.3 is 9.47 Å². The van der Waals surface area contributed by atoms with Crippen LogP contribution in [0.25, 0.3) is 10.2 Å². The van der Waals surface area contributed by atoms with Crippen LogP contribution in [0.2, 0.25) is 0 Å². The van der Waals surface area contributed by atoms with Gasteiger partial charge in [-0.3, -0.25) is 14.7 Å². The van der Waals surface area contributed by atoms with Crippen molar-refractivity contribution in [1.29, 1.82) is 0 Å². The summed E-state index contributed by atoms with van der Waals surface area (Å²) in [6.07, 6.45) is 1.71. The fraction of sp³-hybridized carbons (Fsp3) is 0.136. The van der Waals surface area contributed by atoms with E-state index >= 15 is 0 Å². The summed E-state index contributed by atoms with van der Waals surface area (Å²) in [7, 11) is 1.60. The van der Waals surface area contributed by atoms with E-state index in [2.05, 4.69) is 9.97 Å². The van der Waals surface area contributed by atoms with E-state index in [9.17, 15) is 4.79 Å². The van der Waals surface area contributed by atoms with E-state index in [1.807, 2.05) is 42.5 Å². The van der Waals surface area contributed by atoms with Crippen molar-refractivity contribution in [3.05, 3.63) is 78.6 Å². The molecule has 4 aromatic rings. The van der Waals surface area contributed by atoms with Crippen LogP contribution >= 0.6 is 11.3 Å². The molecule has 0 saturated carbocycles. The Bertz CT molecular complexity index is 1060. The minimum absolute atomic E-state index is 0.102. The summed E-state index contributed by atoms with van der Waals surface area (Å²) in [6, 6.07) is 20.6. The molecule has 2 aromatic carbocycles. The number of methoxy groups -OCH3 is 1. The Balaban J connectivity index is 1.55. The lowest BCUT2D eigenvalue weighted by atomic mass is 10.3. The van der Waals surface area contributed by atoms with Gasteiger partial charge in [0, 0.05) is 6.20 Å². The van der Waals surface area contributed by atoms with Crippen LogP contribution in [-0.2, 0) is 11.3 Å². The third kappa shape index (κ3) is 4.52. The zero-order valence-electron chi connectivity index (χ0n) is 15.8. The molecule has 0 aliphatic carbocycles. The number of amides is 1. The van der Waals surface area contributed by atoms with Gasteiger partial charge in [0.1, 0.15) is 11.5 Å². The third-order valence-electron chi connectivity index (χ3n) is 4.28. The monoisotopic (exact) mass is 405 g/mol. The molecule has 0 spiro atoms. The number of para-hydroxylation sites is 1. The second-order valence-corrected chi connectivity index (χ2v) is 7.24. The Morgan fingerprint density at radius 1 is 1.00 bits per heavy atom. The fourth-order valence-electron chi connectivity index (χ4n) is 2.79. The summed E-state index contributed by atoms with van der Waals surface area (Å²) in [6.45, 7) is 0.223. The highest BCUT2D eigenvalue weighted by molar-refractivity contribution is 7.22. The minimum Gasteiger partial charge on any atom is -0.497 e. The van der Waals surface area contributed by atoms with Crippen molar-refractivity contribution >= 4 is 32.6 Å². The molecular weight excluding hydrogens is 386 g/mol. The number of aromatic nitrogens is 2. The maximum absolute atomic E-state index is 13.0. The first kappa shape index (κ1) is 18.9. The van der Waals surface area contributed by atoms with Crippen molar-refractivity contribution in [1.82, 2.24) is 9.97 Å². The highest BCUT2D eigenvalue weighted by Gasteiger charge is 2.21. The molecule has 2 heterocycles. The predicted molar refractivity (Wildman–Crippen MR) is 114 cm³/mol. The predicted octanol–water partition coefficient (Wildman–Crippen LogP) is 4.31. The number of benzene rings is 2. The molecule has 7 heteroatoms. The van der Waals surface area contributed by atoms with Crippen LogP contribution < -0.4 is 14.4 Å². The number of carbonyl (C=O) groups excluding carboxylic acids is 1. The minimum atomic E-state index is -0.189. The molecule has 0 aliphatic heterocycles. The summed E-state index contributed by atoms with van der Waals surface area (Å²) >= 11 is 1.47. The standard InChI is InChI=1S/C22H19N3O3S/c1-27-17-9-11-18(12-10-17)28-15-21(26)25(14-16-6-4-5-13-23-16)22-24-19-7-2-3-8-20(19)29-22/h2-13H,14-15H2,1H3. The van der Waals surface area contributed by atoms with Crippen LogP contribution in [0.15, 0.2) is 72.9 Å². The van der Waals surface area contributed by atoms with Gasteiger partial charge in [0.05, 0.1) is 29.6 Å². The number of carbonyl (C=O) groups is 1. The molecule has 0 saturated heterocycles. The van der Waals surface area contributed by atoms with Crippen LogP contribution in [0.1, 0.15) is 5.69 Å². The summed E-state index contributed by atoms with van der Waals surface area (Å²) in [5, 5.41) is 0.625. The Hall–Kier alpha value is -3.45. The summed E-state index contributed by atoms with van der Waals surface area (Å²) in [5.41, 5.74) is 1.65. The Morgan fingerprint density at radius 2 is 1.76 bits per heavy atom. The average molecular weight is 405 g/mol. The zero-order valence-corrected chi connectivity index (χ0v) is 16.6. The Kier molecular flexibility index (Phi) is 5.67. The summed E-state index contributed by atoms with van der Waals surface area (Å²) < 4.78 is 11.9. The van der Waals surface area contributed by atoms with Crippen LogP contribution in [0.5, 0.6) is 11.5 Å². The molecule has 6 nitrogen and oxygen atoms in total. The van der Waals surface area contributed by atoms with Crippen LogP contribution in [0.3, 0.4) is 0 Å². The fourth-order valence-corrected chi connectivity index (χ4v) is 3.77. The van der Waals surface area contributed by atoms with E-state index in [0.717, 1.165) is 21.7 Å². The van der Waals surface area contributed by atoms with E-state index < -0.39 is 0 Å². The molecule has 0 atom stereocenters. The quantitative estimate of drug-likeness (QED) is 0.458. The number of thiazole rings is 1. The molecule has 29 heavy (non-hydrogen) atoms. The SMILES string of the molecule is COc1ccc(OCC(=O)N(Cc2ccccn2)c2nc3ccccc3s2)cc1. The van der Waals surface area contributed by atoms with Crippen molar-refractivity contribution in [2.75, 3.05) is 18.6 Å². The van der Waals surface area contributed by atoms with E-state index in [4.69, 9.17) is 9.47 Å². The van der Waals surface area contributed by atoms with Crippen molar-refractivity contribution in [3.8, 4) is 11.5 Å². The Labute approximate surface area is 172 Å². The smallest absolute Gasteiger partial charge is 0.267 e. The average Bonchev–Trinajstić information content (AvgIpc) is 3.21. The second-order valence-electron chi connectivity index (χ2n) is 6.23. The number of hydrogen-bond donors (Lipinski definition) is 0. The molecule has 0 radical (unpaired) electrons. The number of pyridine rings is 1. The lowest BCUT2D eigenvalue weighted by Crippen LogP contribution is -2.34. The first-order chi connectivity index (χ1) is 14.2. The van der Waals surface area contributed by atoms with Crippen molar-refractivity contribution in [2.24, 2.45) is 0 Å². The third-order valence-corrected chi connectivity index (χ3v) is 5.34. The second kappa shape index (κ2) is 8.70. The molecule has 0 N–H and O–H groups in total. The number of hydrogen-bond acceptors (Lipinski definition) is 6. The summed E-state index contributed by atoms with van der Waals surface area (Å²) in [5.74, 6) is 1.14. The number of anilines is 1. The molecule has 0 fully saturated rings. The van der Waals surface area contributed by atoms with Crippen molar-refractivity contribution in [3.63, 3.8) is 0 Å². The van der Waals surface area contributed by atoms with Gasteiger partial charge in [-0.25, -0.2) is 4.98 Å². The molecule has 0 bridgehead atoms. The normalized spacial score (nSPS) is 10.7. The van der Waals surface area contributed by atoms with E-state index in [-0.39, 0.29) is 12.5 Å². The van der Waals surface area contributed by atoms with Gasteiger partial charge in [0.15, 0.2) is 11.7 Å². The highest BCUT2D eigenvalue weighted by Crippen LogP contribution is 2.29.